The first-order valence-electron chi connectivity index (χ1n) is 3.70. The lowest BCUT2D eigenvalue weighted by Crippen LogP contribution is -2.11. The summed E-state index contributed by atoms with van der Waals surface area (Å²) in [6.45, 7) is 0. The van der Waals surface area contributed by atoms with Crippen molar-refractivity contribution in [2.24, 2.45) is 0 Å². The molecule has 0 bridgehead atoms. The summed E-state index contributed by atoms with van der Waals surface area (Å²) in [5.74, 6) is 0.804. The highest BCUT2D eigenvalue weighted by Crippen LogP contribution is 2.18. The van der Waals surface area contributed by atoms with Crippen LogP contribution in [0.25, 0.3) is 0 Å². The molecule has 0 radical (unpaired) electrons. The molecule has 0 spiro atoms. The number of pyridine rings is 1. The van der Waals surface area contributed by atoms with Crippen molar-refractivity contribution >= 4 is 10.8 Å². The molecule has 1 aliphatic heterocycles. The summed E-state index contributed by atoms with van der Waals surface area (Å²) in [4.78, 5) is 5.12. The smallest absolute Gasteiger partial charge is 0.0603 e. The van der Waals surface area contributed by atoms with Gasteiger partial charge in [0.1, 0.15) is 0 Å². The van der Waals surface area contributed by atoms with Gasteiger partial charge >= 0.3 is 0 Å². The van der Waals surface area contributed by atoms with Crippen LogP contribution < -0.4 is 0 Å². The zero-order valence-corrected chi connectivity index (χ0v) is 6.93. The molecule has 1 unspecified atom stereocenters. The first-order chi connectivity index (χ1) is 5.38. The lowest BCUT2D eigenvalue weighted by molar-refractivity contribution is 0.671. The van der Waals surface area contributed by atoms with Gasteiger partial charge in [-0.05, 0) is 25.0 Å². The maximum atomic E-state index is 11.4. The third kappa shape index (κ3) is 1.20. The van der Waals surface area contributed by atoms with Gasteiger partial charge in [0.25, 0.3) is 0 Å². The minimum atomic E-state index is -0.778. The largest absolute Gasteiger partial charge is 0.260 e. The summed E-state index contributed by atoms with van der Waals surface area (Å²) in [5.41, 5.74) is 1.03. The van der Waals surface area contributed by atoms with Gasteiger partial charge in [-0.1, -0.05) is 0 Å². The second-order valence-electron chi connectivity index (χ2n) is 2.60. The van der Waals surface area contributed by atoms with E-state index in [1.807, 2.05) is 12.1 Å². The van der Waals surface area contributed by atoms with Gasteiger partial charge in [-0.25, -0.2) is 0 Å². The molecule has 0 aromatic carbocycles. The number of hydrogen-bond donors (Lipinski definition) is 0. The maximum absolute atomic E-state index is 11.4. The molecule has 11 heavy (non-hydrogen) atoms. The van der Waals surface area contributed by atoms with Crippen molar-refractivity contribution in [3.8, 4) is 0 Å². The molecular weight excluding hydrogens is 158 g/mol. The topological polar surface area (TPSA) is 30.0 Å². The molecule has 3 heteroatoms. The molecule has 1 aliphatic rings. The Morgan fingerprint density at radius 2 is 2.45 bits per heavy atom. The molecule has 1 aromatic heterocycles. The van der Waals surface area contributed by atoms with Crippen molar-refractivity contribution in [3.63, 3.8) is 0 Å². The van der Waals surface area contributed by atoms with Crippen LogP contribution in [-0.2, 0) is 17.2 Å². The van der Waals surface area contributed by atoms with E-state index in [9.17, 15) is 4.21 Å². The summed E-state index contributed by atoms with van der Waals surface area (Å²) in [7, 11) is -0.778. The summed E-state index contributed by atoms with van der Waals surface area (Å²) in [6, 6.07) is 3.76. The van der Waals surface area contributed by atoms with E-state index in [4.69, 9.17) is 0 Å². The van der Waals surface area contributed by atoms with E-state index in [2.05, 4.69) is 4.98 Å². The molecule has 0 fully saturated rings. The zero-order chi connectivity index (χ0) is 7.68. The molecule has 1 atom stereocenters. The van der Waals surface area contributed by atoms with Crippen LogP contribution in [0.5, 0.6) is 0 Å². The number of fused-ring (bicyclic) bond motifs is 1. The quantitative estimate of drug-likeness (QED) is 0.580. The molecule has 2 heterocycles. The SMILES string of the molecule is O=S1CCCc2ncccc21. The Balaban J connectivity index is 2.52. The predicted octanol–water partition coefficient (Wildman–Crippen LogP) is 1.14. The van der Waals surface area contributed by atoms with Gasteiger partial charge in [-0.2, -0.15) is 0 Å². The molecule has 58 valence electrons. The van der Waals surface area contributed by atoms with Crippen LogP contribution in [0.15, 0.2) is 23.2 Å². The van der Waals surface area contributed by atoms with Crippen molar-refractivity contribution in [1.82, 2.24) is 4.98 Å². The summed E-state index contributed by atoms with van der Waals surface area (Å²) in [6.07, 6.45) is 3.76. The average molecular weight is 167 g/mol. The second kappa shape index (κ2) is 2.74. The van der Waals surface area contributed by atoms with E-state index in [0.717, 1.165) is 29.2 Å². The Bertz CT molecular complexity index is 298. The minimum Gasteiger partial charge on any atom is -0.260 e. The average Bonchev–Trinajstić information content (AvgIpc) is 2.06. The van der Waals surface area contributed by atoms with Gasteiger partial charge in [0.2, 0.25) is 0 Å². The first kappa shape index (κ1) is 6.98. The number of hydrogen-bond acceptors (Lipinski definition) is 2. The lowest BCUT2D eigenvalue weighted by atomic mass is 10.2. The van der Waals surface area contributed by atoms with Crippen molar-refractivity contribution in [2.75, 3.05) is 5.75 Å². The lowest BCUT2D eigenvalue weighted by Gasteiger charge is -2.12. The van der Waals surface area contributed by atoms with E-state index in [0.29, 0.717) is 0 Å². The monoisotopic (exact) mass is 167 g/mol. The van der Waals surface area contributed by atoms with E-state index >= 15 is 0 Å². The van der Waals surface area contributed by atoms with Crippen molar-refractivity contribution < 1.29 is 4.21 Å². The van der Waals surface area contributed by atoms with Gasteiger partial charge < -0.3 is 0 Å². The number of aryl methyl sites for hydroxylation is 1. The highest BCUT2D eigenvalue weighted by atomic mass is 32.2. The molecule has 2 nitrogen and oxygen atoms in total. The van der Waals surface area contributed by atoms with Gasteiger partial charge in [-0.3, -0.25) is 9.19 Å². The molecule has 0 N–H and O–H groups in total. The Labute approximate surface area is 68.1 Å². The van der Waals surface area contributed by atoms with Crippen LogP contribution in [0.2, 0.25) is 0 Å². The third-order valence-corrected chi connectivity index (χ3v) is 3.36. The third-order valence-electron chi connectivity index (χ3n) is 1.84. The molecule has 0 saturated carbocycles. The molecule has 0 aliphatic carbocycles. The highest BCUT2D eigenvalue weighted by Gasteiger charge is 2.15. The van der Waals surface area contributed by atoms with E-state index in [-0.39, 0.29) is 0 Å². The van der Waals surface area contributed by atoms with Gasteiger partial charge in [0.05, 0.1) is 21.4 Å². The fourth-order valence-electron chi connectivity index (χ4n) is 1.30. The normalized spacial score (nSPS) is 22.7. The number of nitrogens with zero attached hydrogens (tertiary/aromatic N) is 1. The number of rotatable bonds is 0. The first-order valence-corrected chi connectivity index (χ1v) is 5.02. The standard InChI is InChI=1S/C8H9NOS/c10-11-6-2-3-7-8(11)4-1-5-9-7/h1,4-5H,2-3,6H2. The van der Waals surface area contributed by atoms with Crippen molar-refractivity contribution in [2.45, 2.75) is 17.7 Å². The Morgan fingerprint density at radius 1 is 1.55 bits per heavy atom. The summed E-state index contributed by atoms with van der Waals surface area (Å²) in [5, 5.41) is 0. The van der Waals surface area contributed by atoms with Crippen LogP contribution in [0, 0.1) is 0 Å². The Morgan fingerprint density at radius 3 is 3.27 bits per heavy atom. The highest BCUT2D eigenvalue weighted by molar-refractivity contribution is 7.85. The van der Waals surface area contributed by atoms with Crippen LogP contribution >= 0.6 is 0 Å². The maximum Gasteiger partial charge on any atom is 0.0603 e. The van der Waals surface area contributed by atoms with Crippen LogP contribution in [0.1, 0.15) is 12.1 Å². The molecule has 1 aromatic rings. The molecule has 0 saturated heterocycles. The van der Waals surface area contributed by atoms with Crippen molar-refractivity contribution in [1.29, 1.82) is 0 Å². The van der Waals surface area contributed by atoms with Gasteiger partial charge in [-0.15, -0.1) is 0 Å². The number of aromatic nitrogens is 1. The molecular formula is C8H9NOS. The van der Waals surface area contributed by atoms with Gasteiger partial charge in [0.15, 0.2) is 0 Å². The van der Waals surface area contributed by atoms with Crippen LogP contribution in [0.3, 0.4) is 0 Å². The van der Waals surface area contributed by atoms with E-state index in [1.165, 1.54) is 0 Å². The fourth-order valence-corrected chi connectivity index (χ4v) is 2.57. The van der Waals surface area contributed by atoms with Crippen LogP contribution in [0.4, 0.5) is 0 Å². The fraction of sp³-hybridized carbons (Fsp3) is 0.375. The second-order valence-corrected chi connectivity index (χ2v) is 4.14. The van der Waals surface area contributed by atoms with E-state index < -0.39 is 10.8 Å². The summed E-state index contributed by atoms with van der Waals surface area (Å²) < 4.78 is 11.4. The summed E-state index contributed by atoms with van der Waals surface area (Å²) >= 11 is 0. The Kier molecular flexibility index (Phi) is 1.74. The molecule has 2 rings (SSSR count). The Hall–Kier alpha value is -0.700. The van der Waals surface area contributed by atoms with Crippen LogP contribution in [-0.4, -0.2) is 14.9 Å². The zero-order valence-electron chi connectivity index (χ0n) is 6.12. The van der Waals surface area contributed by atoms with Crippen molar-refractivity contribution in [3.05, 3.63) is 24.0 Å². The molecule has 0 amide bonds. The van der Waals surface area contributed by atoms with Gasteiger partial charge in [0, 0.05) is 11.9 Å². The minimum absolute atomic E-state index is 0.778. The predicted molar refractivity (Wildman–Crippen MR) is 43.8 cm³/mol. The van der Waals surface area contributed by atoms with E-state index in [1.54, 1.807) is 6.20 Å².